The summed E-state index contributed by atoms with van der Waals surface area (Å²) < 4.78 is 0. The van der Waals surface area contributed by atoms with E-state index in [4.69, 9.17) is 10.8 Å². The van der Waals surface area contributed by atoms with Crippen molar-refractivity contribution in [3.8, 4) is 0 Å². The van der Waals surface area contributed by atoms with Crippen LogP contribution in [0.4, 0.5) is 0 Å². The summed E-state index contributed by atoms with van der Waals surface area (Å²) in [7, 11) is 0. The van der Waals surface area contributed by atoms with Crippen molar-refractivity contribution in [1.82, 2.24) is 0 Å². The van der Waals surface area contributed by atoms with Crippen molar-refractivity contribution in [2.75, 3.05) is 0 Å². The molecule has 1 aromatic rings. The van der Waals surface area contributed by atoms with Gasteiger partial charge in [-0.2, -0.15) is 0 Å². The van der Waals surface area contributed by atoms with Gasteiger partial charge in [-0.1, -0.05) is 25.1 Å². The molecule has 0 heterocycles. The standard InChI is InChI=1S/C12H17NO2/c1-4-12(13,11(14)15)10-6-5-8(2)9(3)7-10/h5-7H,4,13H2,1-3H3,(H,14,15). The molecule has 0 aliphatic carbocycles. The lowest BCUT2D eigenvalue weighted by Gasteiger charge is -2.24. The fourth-order valence-corrected chi connectivity index (χ4v) is 1.50. The summed E-state index contributed by atoms with van der Waals surface area (Å²) in [5.41, 5.74) is 7.49. The molecule has 0 aliphatic rings. The number of aryl methyl sites for hydroxylation is 2. The third kappa shape index (κ3) is 2.02. The molecule has 0 bridgehead atoms. The fraction of sp³-hybridized carbons (Fsp3) is 0.417. The molecule has 15 heavy (non-hydrogen) atoms. The van der Waals surface area contributed by atoms with Crippen LogP contribution in [0.25, 0.3) is 0 Å². The smallest absolute Gasteiger partial charge is 0.328 e. The summed E-state index contributed by atoms with van der Waals surface area (Å²) in [5.74, 6) is -0.978. The first-order valence-electron chi connectivity index (χ1n) is 5.02. The van der Waals surface area contributed by atoms with Gasteiger partial charge in [0.15, 0.2) is 0 Å². The molecule has 0 aromatic heterocycles. The lowest BCUT2D eigenvalue weighted by molar-refractivity contribution is -0.143. The third-order valence-corrected chi connectivity index (χ3v) is 2.96. The van der Waals surface area contributed by atoms with E-state index in [2.05, 4.69) is 0 Å². The van der Waals surface area contributed by atoms with Gasteiger partial charge < -0.3 is 10.8 Å². The highest BCUT2D eigenvalue weighted by molar-refractivity contribution is 5.80. The molecule has 1 atom stereocenters. The van der Waals surface area contributed by atoms with Crippen LogP contribution in [0.1, 0.15) is 30.0 Å². The minimum atomic E-state index is -1.27. The summed E-state index contributed by atoms with van der Waals surface area (Å²) in [4.78, 5) is 11.1. The summed E-state index contributed by atoms with van der Waals surface area (Å²) in [6, 6.07) is 5.55. The highest BCUT2D eigenvalue weighted by Crippen LogP contribution is 2.24. The molecule has 0 aliphatic heterocycles. The van der Waals surface area contributed by atoms with E-state index in [1.54, 1.807) is 13.0 Å². The Labute approximate surface area is 89.9 Å². The van der Waals surface area contributed by atoms with Gasteiger partial charge in [-0.3, -0.25) is 0 Å². The van der Waals surface area contributed by atoms with E-state index in [0.717, 1.165) is 11.1 Å². The lowest BCUT2D eigenvalue weighted by atomic mass is 9.87. The van der Waals surface area contributed by atoms with Crippen LogP contribution in [0.2, 0.25) is 0 Å². The maximum atomic E-state index is 11.1. The fourth-order valence-electron chi connectivity index (χ4n) is 1.50. The second-order valence-corrected chi connectivity index (χ2v) is 3.93. The molecule has 1 aromatic carbocycles. The largest absolute Gasteiger partial charge is 0.480 e. The summed E-state index contributed by atoms with van der Waals surface area (Å²) in [6.45, 7) is 5.73. The second-order valence-electron chi connectivity index (χ2n) is 3.93. The first kappa shape index (κ1) is 11.7. The molecule has 0 fully saturated rings. The van der Waals surface area contributed by atoms with Crippen LogP contribution in [0, 0.1) is 13.8 Å². The SMILES string of the molecule is CCC(N)(C(=O)O)c1ccc(C)c(C)c1. The van der Waals surface area contributed by atoms with Gasteiger partial charge in [-0.15, -0.1) is 0 Å². The van der Waals surface area contributed by atoms with E-state index in [9.17, 15) is 4.79 Å². The van der Waals surface area contributed by atoms with Crippen molar-refractivity contribution >= 4 is 5.97 Å². The number of aliphatic carboxylic acids is 1. The van der Waals surface area contributed by atoms with Crippen molar-refractivity contribution in [2.24, 2.45) is 5.73 Å². The van der Waals surface area contributed by atoms with Crippen molar-refractivity contribution < 1.29 is 9.90 Å². The van der Waals surface area contributed by atoms with Crippen LogP contribution in [0.15, 0.2) is 18.2 Å². The van der Waals surface area contributed by atoms with Crippen LogP contribution < -0.4 is 5.73 Å². The molecule has 0 spiro atoms. The third-order valence-electron chi connectivity index (χ3n) is 2.96. The van der Waals surface area contributed by atoms with E-state index < -0.39 is 11.5 Å². The molecule has 82 valence electrons. The predicted molar refractivity (Wildman–Crippen MR) is 59.7 cm³/mol. The molecule has 1 rings (SSSR count). The Morgan fingerprint density at radius 2 is 2.00 bits per heavy atom. The Morgan fingerprint density at radius 1 is 1.40 bits per heavy atom. The normalized spacial score (nSPS) is 14.7. The highest BCUT2D eigenvalue weighted by Gasteiger charge is 2.33. The molecule has 0 saturated carbocycles. The Hall–Kier alpha value is -1.35. The summed E-state index contributed by atoms with van der Waals surface area (Å²) in [6.07, 6.45) is 0.380. The number of carbonyl (C=O) groups is 1. The number of rotatable bonds is 3. The second kappa shape index (κ2) is 4.03. The number of benzene rings is 1. The zero-order valence-corrected chi connectivity index (χ0v) is 9.37. The maximum Gasteiger partial charge on any atom is 0.328 e. The summed E-state index contributed by atoms with van der Waals surface area (Å²) >= 11 is 0. The average Bonchev–Trinajstić information content (AvgIpc) is 2.20. The first-order chi connectivity index (χ1) is 6.91. The zero-order valence-electron chi connectivity index (χ0n) is 9.37. The van der Waals surface area contributed by atoms with Crippen molar-refractivity contribution in [2.45, 2.75) is 32.7 Å². The van der Waals surface area contributed by atoms with Gasteiger partial charge in [0.2, 0.25) is 0 Å². The van der Waals surface area contributed by atoms with Crippen LogP contribution in [0.5, 0.6) is 0 Å². The number of carboxylic acid groups (broad SMARTS) is 1. The lowest BCUT2D eigenvalue weighted by Crippen LogP contribution is -2.44. The Balaban J connectivity index is 3.25. The molecular weight excluding hydrogens is 190 g/mol. The Morgan fingerprint density at radius 3 is 2.40 bits per heavy atom. The van der Waals surface area contributed by atoms with Gasteiger partial charge in [0.1, 0.15) is 5.54 Å². The molecule has 3 N–H and O–H groups in total. The number of hydrogen-bond acceptors (Lipinski definition) is 2. The van der Waals surface area contributed by atoms with Crippen LogP contribution >= 0.6 is 0 Å². The van der Waals surface area contributed by atoms with Crippen molar-refractivity contribution in [3.63, 3.8) is 0 Å². The van der Waals surface area contributed by atoms with E-state index in [1.165, 1.54) is 0 Å². The van der Waals surface area contributed by atoms with E-state index in [0.29, 0.717) is 12.0 Å². The maximum absolute atomic E-state index is 11.1. The van der Waals surface area contributed by atoms with Gasteiger partial charge in [0.05, 0.1) is 0 Å². The topological polar surface area (TPSA) is 63.3 Å². The van der Waals surface area contributed by atoms with E-state index >= 15 is 0 Å². The van der Waals surface area contributed by atoms with E-state index in [-0.39, 0.29) is 0 Å². The van der Waals surface area contributed by atoms with Crippen molar-refractivity contribution in [1.29, 1.82) is 0 Å². The minimum absolute atomic E-state index is 0.380. The predicted octanol–water partition coefficient (Wildman–Crippen LogP) is 1.95. The quantitative estimate of drug-likeness (QED) is 0.796. The molecule has 0 saturated heterocycles. The number of nitrogens with two attached hydrogens (primary N) is 1. The van der Waals surface area contributed by atoms with Gasteiger partial charge in [-0.05, 0) is 37.0 Å². The molecule has 3 heteroatoms. The van der Waals surface area contributed by atoms with E-state index in [1.807, 2.05) is 26.0 Å². The zero-order chi connectivity index (χ0) is 11.6. The van der Waals surface area contributed by atoms with Gasteiger partial charge >= 0.3 is 5.97 Å². The van der Waals surface area contributed by atoms with Crippen LogP contribution in [-0.4, -0.2) is 11.1 Å². The molecule has 1 unspecified atom stereocenters. The Kier molecular flexibility index (Phi) is 3.15. The molecular formula is C12H17NO2. The molecule has 0 radical (unpaired) electrons. The molecule has 3 nitrogen and oxygen atoms in total. The number of carboxylic acids is 1. The highest BCUT2D eigenvalue weighted by atomic mass is 16.4. The number of hydrogen-bond donors (Lipinski definition) is 2. The monoisotopic (exact) mass is 207 g/mol. The van der Waals surface area contributed by atoms with Crippen LogP contribution in [0.3, 0.4) is 0 Å². The first-order valence-corrected chi connectivity index (χ1v) is 5.02. The minimum Gasteiger partial charge on any atom is -0.480 e. The van der Waals surface area contributed by atoms with Gasteiger partial charge in [0, 0.05) is 0 Å². The Bertz CT molecular complexity index is 387. The summed E-state index contributed by atoms with van der Waals surface area (Å²) in [5, 5.41) is 9.12. The van der Waals surface area contributed by atoms with Crippen LogP contribution in [-0.2, 0) is 10.3 Å². The van der Waals surface area contributed by atoms with Crippen molar-refractivity contribution in [3.05, 3.63) is 34.9 Å². The average molecular weight is 207 g/mol. The molecule has 0 amide bonds. The van der Waals surface area contributed by atoms with Gasteiger partial charge in [0.25, 0.3) is 0 Å². The van der Waals surface area contributed by atoms with Gasteiger partial charge in [-0.25, -0.2) is 4.79 Å².